The van der Waals surface area contributed by atoms with Gasteiger partial charge in [0.15, 0.2) is 0 Å². The summed E-state index contributed by atoms with van der Waals surface area (Å²) in [6, 6.07) is 4.59. The van der Waals surface area contributed by atoms with E-state index in [9.17, 15) is 18.0 Å². The molecule has 1 amide bonds. The summed E-state index contributed by atoms with van der Waals surface area (Å²) in [4.78, 5) is 15.8. The molecule has 1 aliphatic heterocycles. The number of hydrogen-bond acceptors (Lipinski definition) is 2. The topological polar surface area (TPSA) is 23.6 Å². The predicted molar refractivity (Wildman–Crippen MR) is 64.8 cm³/mol. The van der Waals surface area contributed by atoms with Gasteiger partial charge in [-0.1, -0.05) is 6.07 Å². The van der Waals surface area contributed by atoms with Crippen molar-refractivity contribution in [1.82, 2.24) is 9.80 Å². The highest BCUT2D eigenvalue weighted by Crippen LogP contribution is 2.29. The molecular formula is C13H15F3N2O. The first kappa shape index (κ1) is 13.9. The van der Waals surface area contributed by atoms with E-state index in [1.54, 1.807) is 4.90 Å². The maximum absolute atomic E-state index is 12.6. The summed E-state index contributed by atoms with van der Waals surface area (Å²) in [5.74, 6) is -0.334. The van der Waals surface area contributed by atoms with Crippen LogP contribution in [0.3, 0.4) is 0 Å². The first-order valence-electron chi connectivity index (χ1n) is 6.03. The number of halogens is 3. The van der Waals surface area contributed by atoms with E-state index in [1.807, 2.05) is 7.05 Å². The van der Waals surface area contributed by atoms with Crippen LogP contribution in [0.4, 0.5) is 13.2 Å². The van der Waals surface area contributed by atoms with E-state index < -0.39 is 11.7 Å². The number of hydrogen-bond donors (Lipinski definition) is 0. The van der Waals surface area contributed by atoms with Gasteiger partial charge in [-0.15, -0.1) is 0 Å². The molecule has 1 aliphatic rings. The molecule has 2 rings (SSSR count). The highest BCUT2D eigenvalue weighted by Gasteiger charge is 2.31. The summed E-state index contributed by atoms with van der Waals surface area (Å²) in [6.07, 6.45) is -4.42. The van der Waals surface area contributed by atoms with Crippen molar-refractivity contribution in [2.75, 3.05) is 33.2 Å². The highest BCUT2D eigenvalue weighted by atomic mass is 19.4. The van der Waals surface area contributed by atoms with Crippen molar-refractivity contribution in [2.24, 2.45) is 0 Å². The van der Waals surface area contributed by atoms with Crippen LogP contribution >= 0.6 is 0 Å². The molecule has 0 aliphatic carbocycles. The molecule has 0 aromatic heterocycles. The fourth-order valence-electron chi connectivity index (χ4n) is 2.02. The molecular weight excluding hydrogens is 257 g/mol. The average molecular weight is 272 g/mol. The average Bonchev–Trinajstić information content (AvgIpc) is 2.38. The molecule has 0 bridgehead atoms. The number of likely N-dealkylation sites (N-methyl/N-ethyl adjacent to an activating group) is 1. The number of carbonyl (C=O) groups is 1. The van der Waals surface area contributed by atoms with Crippen LogP contribution in [0.5, 0.6) is 0 Å². The summed E-state index contributed by atoms with van der Waals surface area (Å²) >= 11 is 0. The van der Waals surface area contributed by atoms with Gasteiger partial charge in [-0.3, -0.25) is 4.79 Å². The van der Waals surface area contributed by atoms with Gasteiger partial charge in [0.05, 0.1) is 5.56 Å². The zero-order valence-electron chi connectivity index (χ0n) is 10.6. The lowest BCUT2D eigenvalue weighted by molar-refractivity contribution is -0.137. The number of rotatable bonds is 1. The molecule has 1 aromatic rings. The van der Waals surface area contributed by atoms with Gasteiger partial charge < -0.3 is 9.80 Å². The molecule has 0 N–H and O–H groups in total. The third-order valence-corrected chi connectivity index (χ3v) is 3.23. The van der Waals surface area contributed by atoms with Gasteiger partial charge in [-0.25, -0.2) is 0 Å². The fraction of sp³-hybridized carbons (Fsp3) is 0.462. The molecule has 1 saturated heterocycles. The maximum Gasteiger partial charge on any atom is 0.416 e. The first-order valence-corrected chi connectivity index (χ1v) is 6.03. The number of piperazine rings is 1. The number of amides is 1. The van der Waals surface area contributed by atoms with E-state index in [-0.39, 0.29) is 11.5 Å². The summed E-state index contributed by atoms with van der Waals surface area (Å²) in [5.41, 5.74) is -0.688. The number of carbonyl (C=O) groups excluding carboxylic acids is 1. The molecule has 104 valence electrons. The smallest absolute Gasteiger partial charge is 0.336 e. The van der Waals surface area contributed by atoms with Crippen molar-refractivity contribution in [3.05, 3.63) is 35.4 Å². The van der Waals surface area contributed by atoms with Crippen LogP contribution in [-0.4, -0.2) is 48.9 Å². The quantitative estimate of drug-likeness (QED) is 0.781. The number of benzene rings is 1. The molecule has 19 heavy (non-hydrogen) atoms. The van der Waals surface area contributed by atoms with Crippen molar-refractivity contribution < 1.29 is 18.0 Å². The van der Waals surface area contributed by atoms with E-state index in [1.165, 1.54) is 12.1 Å². The van der Waals surface area contributed by atoms with Crippen LogP contribution in [0, 0.1) is 0 Å². The summed E-state index contributed by atoms with van der Waals surface area (Å²) in [5, 5.41) is 0. The normalized spacial score (nSPS) is 17.6. The van der Waals surface area contributed by atoms with Crippen molar-refractivity contribution in [3.63, 3.8) is 0 Å². The molecule has 6 heteroatoms. The molecule has 1 heterocycles. The van der Waals surface area contributed by atoms with Crippen LogP contribution < -0.4 is 0 Å². The molecule has 1 fully saturated rings. The SMILES string of the molecule is CN1CCN(C(=O)c2cccc(C(F)(F)F)c2)CC1. The van der Waals surface area contributed by atoms with E-state index in [4.69, 9.17) is 0 Å². The molecule has 0 unspecified atom stereocenters. The highest BCUT2D eigenvalue weighted by molar-refractivity contribution is 5.94. The molecule has 0 atom stereocenters. The Morgan fingerprint density at radius 2 is 1.79 bits per heavy atom. The maximum atomic E-state index is 12.6. The standard InChI is InChI=1S/C13H15F3N2O/c1-17-5-7-18(8-6-17)12(19)10-3-2-4-11(9-10)13(14,15)16/h2-4,9H,5-8H2,1H3. The van der Waals surface area contributed by atoms with E-state index in [0.29, 0.717) is 13.1 Å². The van der Waals surface area contributed by atoms with Crippen LogP contribution in [0.25, 0.3) is 0 Å². The van der Waals surface area contributed by atoms with Crippen molar-refractivity contribution in [2.45, 2.75) is 6.18 Å². The fourth-order valence-corrected chi connectivity index (χ4v) is 2.02. The van der Waals surface area contributed by atoms with Crippen LogP contribution in [0.1, 0.15) is 15.9 Å². The summed E-state index contributed by atoms with van der Waals surface area (Å²) in [6.45, 7) is 2.58. The Balaban J connectivity index is 2.15. The van der Waals surface area contributed by atoms with E-state index in [2.05, 4.69) is 4.90 Å². The summed E-state index contributed by atoms with van der Waals surface area (Å²) < 4.78 is 37.8. The van der Waals surface area contributed by atoms with Crippen molar-refractivity contribution in [3.8, 4) is 0 Å². The largest absolute Gasteiger partial charge is 0.416 e. The zero-order valence-corrected chi connectivity index (χ0v) is 10.6. The van der Waals surface area contributed by atoms with Gasteiger partial charge >= 0.3 is 6.18 Å². The molecule has 1 aromatic carbocycles. The number of nitrogens with zero attached hydrogens (tertiary/aromatic N) is 2. The Morgan fingerprint density at radius 3 is 2.37 bits per heavy atom. The lowest BCUT2D eigenvalue weighted by Gasteiger charge is -2.32. The number of alkyl halides is 3. The lowest BCUT2D eigenvalue weighted by atomic mass is 10.1. The van der Waals surface area contributed by atoms with Gasteiger partial charge in [-0.05, 0) is 25.2 Å². The second-order valence-electron chi connectivity index (χ2n) is 4.67. The first-order chi connectivity index (χ1) is 8.88. The van der Waals surface area contributed by atoms with Crippen LogP contribution in [0.15, 0.2) is 24.3 Å². The second kappa shape index (κ2) is 5.21. The lowest BCUT2D eigenvalue weighted by Crippen LogP contribution is -2.47. The van der Waals surface area contributed by atoms with Gasteiger partial charge in [0.1, 0.15) is 0 Å². The molecule has 0 radical (unpaired) electrons. The minimum atomic E-state index is -4.42. The van der Waals surface area contributed by atoms with E-state index in [0.717, 1.165) is 25.2 Å². The van der Waals surface area contributed by atoms with Crippen molar-refractivity contribution in [1.29, 1.82) is 0 Å². The second-order valence-corrected chi connectivity index (χ2v) is 4.67. The third kappa shape index (κ3) is 3.26. The summed E-state index contributed by atoms with van der Waals surface area (Å²) in [7, 11) is 1.95. The van der Waals surface area contributed by atoms with Gasteiger partial charge in [0, 0.05) is 31.7 Å². The monoisotopic (exact) mass is 272 g/mol. The molecule has 3 nitrogen and oxygen atoms in total. The minimum absolute atomic E-state index is 0.0966. The Hall–Kier alpha value is -1.56. The van der Waals surface area contributed by atoms with Crippen LogP contribution in [-0.2, 0) is 6.18 Å². The Kier molecular flexibility index (Phi) is 3.80. The zero-order chi connectivity index (χ0) is 14.0. The third-order valence-electron chi connectivity index (χ3n) is 3.23. The van der Waals surface area contributed by atoms with Crippen molar-refractivity contribution >= 4 is 5.91 Å². The predicted octanol–water partition coefficient (Wildman–Crippen LogP) is 2.09. The van der Waals surface area contributed by atoms with Gasteiger partial charge in [0.25, 0.3) is 5.91 Å². The Morgan fingerprint density at radius 1 is 1.16 bits per heavy atom. The molecule has 0 spiro atoms. The van der Waals surface area contributed by atoms with Gasteiger partial charge in [0.2, 0.25) is 0 Å². The Bertz CT molecular complexity index is 465. The van der Waals surface area contributed by atoms with E-state index >= 15 is 0 Å². The van der Waals surface area contributed by atoms with Crippen LogP contribution in [0.2, 0.25) is 0 Å². The van der Waals surface area contributed by atoms with Gasteiger partial charge in [-0.2, -0.15) is 13.2 Å². The Labute approximate surface area is 109 Å². The molecule has 0 saturated carbocycles. The minimum Gasteiger partial charge on any atom is -0.336 e.